The van der Waals surface area contributed by atoms with E-state index in [-0.39, 0.29) is 0 Å². The van der Waals surface area contributed by atoms with Crippen molar-refractivity contribution < 1.29 is 23.2 Å². The van der Waals surface area contributed by atoms with Crippen molar-refractivity contribution in [2.24, 2.45) is 0 Å². The van der Waals surface area contributed by atoms with Gasteiger partial charge >= 0.3 is 6.03 Å². The third kappa shape index (κ3) is 2.83. The van der Waals surface area contributed by atoms with Gasteiger partial charge in [-0.2, -0.15) is 0 Å². The molecule has 1 saturated heterocycles. The van der Waals surface area contributed by atoms with Gasteiger partial charge in [0.2, 0.25) is 5.91 Å². The van der Waals surface area contributed by atoms with Crippen LogP contribution in [0, 0.1) is 11.6 Å². The van der Waals surface area contributed by atoms with Gasteiger partial charge in [-0.3, -0.25) is 14.5 Å². The molecule has 0 radical (unpaired) electrons. The molecular formula is C16H19F2N3O3. The van der Waals surface area contributed by atoms with Crippen LogP contribution in [0.2, 0.25) is 0 Å². The Morgan fingerprint density at radius 1 is 1.21 bits per heavy atom. The fraction of sp³-hybridized carbons (Fsp3) is 0.438. The molecule has 130 valence electrons. The topological polar surface area (TPSA) is 69.7 Å². The van der Waals surface area contributed by atoms with Crippen molar-refractivity contribution in [1.29, 1.82) is 0 Å². The molecule has 1 aromatic carbocycles. The van der Waals surface area contributed by atoms with E-state index in [2.05, 4.69) is 5.32 Å². The molecule has 8 heteroatoms. The van der Waals surface area contributed by atoms with E-state index in [1.165, 1.54) is 17.9 Å². The van der Waals surface area contributed by atoms with Gasteiger partial charge in [-0.15, -0.1) is 0 Å². The summed E-state index contributed by atoms with van der Waals surface area (Å²) in [6.45, 7) is 5.14. The minimum Gasteiger partial charge on any atom is -0.342 e. The van der Waals surface area contributed by atoms with Gasteiger partial charge in [0, 0.05) is 13.1 Å². The van der Waals surface area contributed by atoms with Crippen molar-refractivity contribution in [2.45, 2.75) is 26.3 Å². The first-order valence-corrected chi connectivity index (χ1v) is 7.62. The predicted octanol–water partition coefficient (Wildman–Crippen LogP) is 1.60. The monoisotopic (exact) mass is 339 g/mol. The maximum absolute atomic E-state index is 14.0. The molecule has 1 unspecified atom stereocenters. The molecule has 1 atom stereocenters. The van der Waals surface area contributed by atoms with Crippen LogP contribution in [0.1, 0.15) is 26.3 Å². The van der Waals surface area contributed by atoms with Crippen LogP contribution in [0.5, 0.6) is 0 Å². The van der Waals surface area contributed by atoms with E-state index in [4.69, 9.17) is 0 Å². The molecule has 4 amide bonds. The summed E-state index contributed by atoms with van der Waals surface area (Å²) in [6, 6.07) is 2.32. The number of imide groups is 1. The molecule has 0 spiro atoms. The fourth-order valence-corrected chi connectivity index (χ4v) is 2.80. The molecule has 2 rings (SSSR count). The highest BCUT2D eigenvalue weighted by atomic mass is 19.1. The van der Waals surface area contributed by atoms with Crippen LogP contribution >= 0.6 is 0 Å². The number of carbonyl (C=O) groups excluding carboxylic acids is 3. The zero-order valence-electron chi connectivity index (χ0n) is 13.7. The number of rotatable bonds is 5. The van der Waals surface area contributed by atoms with Gasteiger partial charge < -0.3 is 10.2 Å². The second kappa shape index (κ2) is 6.54. The van der Waals surface area contributed by atoms with E-state index in [1.807, 2.05) is 0 Å². The Balaban J connectivity index is 2.33. The normalized spacial score (nSPS) is 20.3. The van der Waals surface area contributed by atoms with E-state index >= 15 is 0 Å². The number of nitrogens with one attached hydrogen (secondary N) is 1. The minimum absolute atomic E-state index is 0.415. The molecule has 0 aliphatic carbocycles. The van der Waals surface area contributed by atoms with Gasteiger partial charge in [0.15, 0.2) is 0 Å². The van der Waals surface area contributed by atoms with Gasteiger partial charge in [0.25, 0.3) is 5.91 Å². The van der Waals surface area contributed by atoms with Crippen LogP contribution < -0.4 is 5.32 Å². The Labute approximate surface area is 138 Å². The largest absolute Gasteiger partial charge is 0.342 e. The molecule has 1 fully saturated rings. The van der Waals surface area contributed by atoms with E-state index in [0.29, 0.717) is 18.0 Å². The van der Waals surface area contributed by atoms with Crippen molar-refractivity contribution in [3.8, 4) is 0 Å². The Morgan fingerprint density at radius 3 is 2.25 bits per heavy atom. The molecule has 24 heavy (non-hydrogen) atoms. The van der Waals surface area contributed by atoms with Gasteiger partial charge in [-0.25, -0.2) is 13.6 Å². The standard InChI is InChI=1S/C16H19F2N3O3/c1-4-20(5-2)12(22)9-21-14(23)16(3,19-15(21)24)13-10(17)7-6-8-11(13)18/h6-8H,4-5,9H2,1-3H3,(H,19,24). The summed E-state index contributed by atoms with van der Waals surface area (Å²) in [6.07, 6.45) is 0. The fourth-order valence-electron chi connectivity index (χ4n) is 2.80. The van der Waals surface area contributed by atoms with E-state index in [1.54, 1.807) is 13.8 Å². The van der Waals surface area contributed by atoms with E-state index in [0.717, 1.165) is 12.1 Å². The maximum atomic E-state index is 14.0. The zero-order chi connectivity index (χ0) is 18.1. The molecule has 0 aromatic heterocycles. The molecule has 6 nitrogen and oxygen atoms in total. The van der Waals surface area contributed by atoms with Gasteiger partial charge in [-0.1, -0.05) is 6.07 Å². The highest BCUT2D eigenvalue weighted by molar-refractivity contribution is 6.09. The van der Waals surface area contributed by atoms with Gasteiger partial charge in [0.1, 0.15) is 23.7 Å². The second-order valence-corrected chi connectivity index (χ2v) is 5.61. The third-order valence-electron chi connectivity index (χ3n) is 4.15. The van der Waals surface area contributed by atoms with Crippen molar-refractivity contribution in [3.05, 3.63) is 35.4 Å². The van der Waals surface area contributed by atoms with Crippen molar-refractivity contribution >= 4 is 17.8 Å². The maximum Gasteiger partial charge on any atom is 0.325 e. The number of hydrogen-bond acceptors (Lipinski definition) is 3. The molecule has 1 aliphatic rings. The van der Waals surface area contributed by atoms with Crippen molar-refractivity contribution in [3.63, 3.8) is 0 Å². The van der Waals surface area contributed by atoms with Crippen LogP contribution in [0.3, 0.4) is 0 Å². The summed E-state index contributed by atoms with van der Waals surface area (Å²) in [4.78, 5) is 39.0. The molecule has 0 saturated carbocycles. The van der Waals surface area contributed by atoms with Crippen LogP contribution in [0.4, 0.5) is 13.6 Å². The minimum atomic E-state index is -1.89. The van der Waals surface area contributed by atoms with Crippen LogP contribution in [-0.2, 0) is 15.1 Å². The molecule has 1 N–H and O–H groups in total. The lowest BCUT2D eigenvalue weighted by molar-refractivity contribution is -0.138. The molecule has 1 aliphatic heterocycles. The summed E-state index contributed by atoms with van der Waals surface area (Å²) < 4.78 is 28.1. The summed E-state index contributed by atoms with van der Waals surface area (Å²) in [5.41, 5.74) is -2.43. The average Bonchev–Trinajstić information content (AvgIpc) is 2.72. The second-order valence-electron chi connectivity index (χ2n) is 5.61. The van der Waals surface area contributed by atoms with Crippen LogP contribution in [-0.4, -0.2) is 47.3 Å². The molecular weight excluding hydrogens is 320 g/mol. The first kappa shape index (κ1) is 17.8. The zero-order valence-corrected chi connectivity index (χ0v) is 13.7. The van der Waals surface area contributed by atoms with Gasteiger partial charge in [-0.05, 0) is 32.9 Å². The molecule has 0 bridgehead atoms. The first-order chi connectivity index (χ1) is 11.3. The predicted molar refractivity (Wildman–Crippen MR) is 81.9 cm³/mol. The average molecular weight is 339 g/mol. The summed E-state index contributed by atoms with van der Waals surface area (Å²) in [7, 11) is 0. The summed E-state index contributed by atoms with van der Waals surface area (Å²) in [5.74, 6) is -3.16. The van der Waals surface area contributed by atoms with Gasteiger partial charge in [0.05, 0.1) is 5.56 Å². The number of benzene rings is 1. The Morgan fingerprint density at radius 2 is 1.75 bits per heavy atom. The van der Waals surface area contributed by atoms with Crippen molar-refractivity contribution in [1.82, 2.24) is 15.1 Å². The SMILES string of the molecule is CCN(CC)C(=O)CN1C(=O)NC(C)(c2c(F)cccc2F)C1=O. The smallest absolute Gasteiger partial charge is 0.325 e. The Hall–Kier alpha value is -2.51. The number of halogens is 2. The lowest BCUT2D eigenvalue weighted by Crippen LogP contribution is -2.45. The lowest BCUT2D eigenvalue weighted by Gasteiger charge is -2.24. The number of hydrogen-bond donors (Lipinski definition) is 1. The first-order valence-electron chi connectivity index (χ1n) is 7.62. The van der Waals surface area contributed by atoms with E-state index in [9.17, 15) is 23.2 Å². The summed E-state index contributed by atoms with van der Waals surface area (Å²) in [5, 5.41) is 2.30. The third-order valence-corrected chi connectivity index (χ3v) is 4.15. The Bertz CT molecular complexity index is 671. The lowest BCUT2D eigenvalue weighted by atomic mass is 9.91. The van der Waals surface area contributed by atoms with Crippen LogP contribution in [0.15, 0.2) is 18.2 Å². The summed E-state index contributed by atoms with van der Waals surface area (Å²) >= 11 is 0. The van der Waals surface area contributed by atoms with Crippen LogP contribution in [0.25, 0.3) is 0 Å². The highest BCUT2D eigenvalue weighted by Gasteiger charge is 2.52. The molecule has 1 heterocycles. The van der Waals surface area contributed by atoms with E-state index < -0.39 is 47.1 Å². The quantitative estimate of drug-likeness (QED) is 0.829. The number of likely N-dealkylation sites (N-methyl/N-ethyl adjacent to an activating group) is 1. The highest BCUT2D eigenvalue weighted by Crippen LogP contribution is 2.32. The number of urea groups is 1. The number of nitrogens with zero attached hydrogens (tertiary/aromatic N) is 2. The van der Waals surface area contributed by atoms with Crippen molar-refractivity contribution in [2.75, 3.05) is 19.6 Å². The number of carbonyl (C=O) groups is 3. The Kier molecular flexibility index (Phi) is 4.86. The molecule has 1 aromatic rings. The number of amides is 4.